The van der Waals surface area contributed by atoms with E-state index in [2.05, 4.69) is 64.4 Å². The van der Waals surface area contributed by atoms with Crippen LogP contribution in [-0.2, 0) is 0 Å². The van der Waals surface area contributed by atoms with Gasteiger partial charge in [-0.3, -0.25) is 4.90 Å². The maximum atomic E-state index is 5.71. The number of rotatable bonds is 3. The lowest BCUT2D eigenvalue weighted by Gasteiger charge is -2.37. The van der Waals surface area contributed by atoms with Gasteiger partial charge in [-0.2, -0.15) is 0 Å². The third-order valence-corrected chi connectivity index (χ3v) is 4.69. The van der Waals surface area contributed by atoms with Crippen molar-refractivity contribution < 1.29 is 4.74 Å². The molecule has 2 heterocycles. The van der Waals surface area contributed by atoms with Gasteiger partial charge in [0.15, 0.2) is 0 Å². The van der Waals surface area contributed by atoms with Gasteiger partial charge < -0.3 is 9.64 Å². The number of piperazine rings is 1. The lowest BCUT2D eigenvalue weighted by atomic mass is 10.0. The topological polar surface area (TPSA) is 15.7 Å². The molecule has 0 amide bonds. The predicted molar refractivity (Wildman–Crippen MR) is 95.0 cm³/mol. The van der Waals surface area contributed by atoms with Gasteiger partial charge >= 0.3 is 0 Å². The van der Waals surface area contributed by atoms with Crippen LogP contribution in [0.4, 0.5) is 5.69 Å². The highest BCUT2D eigenvalue weighted by atomic mass is 16.5. The van der Waals surface area contributed by atoms with E-state index >= 15 is 0 Å². The lowest BCUT2D eigenvalue weighted by molar-refractivity contribution is 0.285. The van der Waals surface area contributed by atoms with Crippen LogP contribution in [-0.4, -0.2) is 44.2 Å². The molecule has 3 heteroatoms. The largest absolute Gasteiger partial charge is 0.489 e. The van der Waals surface area contributed by atoms with Crippen molar-refractivity contribution in [1.29, 1.82) is 0 Å². The molecule has 0 aromatic heterocycles. The van der Waals surface area contributed by atoms with Crippen LogP contribution in [0.15, 0.2) is 60.7 Å². The molecule has 0 aliphatic carbocycles. The van der Waals surface area contributed by atoms with Gasteiger partial charge in [-0.05, 0) is 29.8 Å². The Morgan fingerprint density at radius 1 is 0.826 bits per heavy atom. The summed E-state index contributed by atoms with van der Waals surface area (Å²) in [5, 5.41) is 0. The van der Waals surface area contributed by atoms with Crippen molar-refractivity contribution in [2.45, 2.75) is 0 Å². The summed E-state index contributed by atoms with van der Waals surface area (Å²) in [6.45, 7) is 6.11. The van der Waals surface area contributed by atoms with Crippen LogP contribution in [0.2, 0.25) is 0 Å². The molecule has 4 rings (SSSR count). The van der Waals surface area contributed by atoms with Crippen LogP contribution in [0.1, 0.15) is 5.56 Å². The van der Waals surface area contributed by atoms with Gasteiger partial charge in [-0.1, -0.05) is 36.4 Å². The normalized spacial score (nSPS) is 18.1. The number of anilines is 1. The number of fused-ring (bicyclic) bond motifs is 1. The van der Waals surface area contributed by atoms with Crippen molar-refractivity contribution >= 4 is 11.3 Å². The zero-order valence-electron chi connectivity index (χ0n) is 13.3. The molecule has 0 bridgehead atoms. The van der Waals surface area contributed by atoms with E-state index < -0.39 is 0 Å². The summed E-state index contributed by atoms with van der Waals surface area (Å²) >= 11 is 0. The smallest absolute Gasteiger partial charge is 0.127 e. The zero-order chi connectivity index (χ0) is 15.5. The third-order valence-electron chi connectivity index (χ3n) is 4.69. The second-order valence-electron chi connectivity index (χ2n) is 6.14. The quantitative estimate of drug-likeness (QED) is 0.865. The molecule has 0 spiro atoms. The van der Waals surface area contributed by atoms with Crippen LogP contribution < -0.4 is 9.64 Å². The predicted octanol–water partition coefficient (Wildman–Crippen LogP) is 3.28. The first-order valence-electron chi connectivity index (χ1n) is 8.34. The summed E-state index contributed by atoms with van der Waals surface area (Å²) in [5.74, 6) is 1.02. The molecule has 0 N–H and O–H groups in total. The fourth-order valence-electron chi connectivity index (χ4n) is 3.39. The monoisotopic (exact) mass is 306 g/mol. The Hall–Kier alpha value is -2.26. The van der Waals surface area contributed by atoms with E-state index in [1.54, 1.807) is 0 Å². The second-order valence-corrected chi connectivity index (χ2v) is 6.14. The van der Waals surface area contributed by atoms with Gasteiger partial charge in [0.2, 0.25) is 0 Å². The lowest BCUT2D eigenvalue weighted by Crippen LogP contribution is -2.46. The van der Waals surface area contributed by atoms with Gasteiger partial charge in [0, 0.05) is 44.0 Å². The van der Waals surface area contributed by atoms with Crippen molar-refractivity contribution in [3.8, 4) is 5.75 Å². The van der Waals surface area contributed by atoms with Gasteiger partial charge in [-0.25, -0.2) is 0 Å². The summed E-state index contributed by atoms with van der Waals surface area (Å²) in [6.07, 6.45) is 2.23. The summed E-state index contributed by atoms with van der Waals surface area (Å²) in [5.41, 5.74) is 3.99. The fourth-order valence-corrected chi connectivity index (χ4v) is 3.39. The Morgan fingerprint density at radius 2 is 1.57 bits per heavy atom. The van der Waals surface area contributed by atoms with Crippen LogP contribution in [0.3, 0.4) is 0 Å². The molecular formula is C20H22N2O. The highest BCUT2D eigenvalue weighted by Gasteiger charge is 2.20. The van der Waals surface area contributed by atoms with E-state index in [0.717, 1.165) is 38.5 Å². The molecule has 2 aromatic carbocycles. The molecule has 0 atom stereocenters. The molecule has 2 aromatic rings. The van der Waals surface area contributed by atoms with Crippen LogP contribution in [0.5, 0.6) is 5.75 Å². The summed E-state index contributed by atoms with van der Waals surface area (Å²) < 4.78 is 5.71. The molecule has 2 aliphatic rings. The third kappa shape index (κ3) is 3.10. The van der Waals surface area contributed by atoms with Crippen LogP contribution in [0, 0.1) is 0 Å². The maximum absolute atomic E-state index is 5.71. The molecule has 0 unspecified atom stereocenters. The van der Waals surface area contributed by atoms with Crippen molar-refractivity contribution in [3.63, 3.8) is 0 Å². The van der Waals surface area contributed by atoms with Crippen LogP contribution >= 0.6 is 0 Å². The van der Waals surface area contributed by atoms with Crippen molar-refractivity contribution in [3.05, 3.63) is 66.2 Å². The Bertz CT molecular complexity index is 688. The molecule has 0 saturated carbocycles. The van der Waals surface area contributed by atoms with E-state index in [0.29, 0.717) is 6.61 Å². The highest BCUT2D eigenvalue weighted by molar-refractivity contribution is 5.73. The summed E-state index contributed by atoms with van der Waals surface area (Å²) in [4.78, 5) is 5.02. The fraction of sp³-hybridized carbons (Fsp3) is 0.300. The van der Waals surface area contributed by atoms with E-state index in [1.165, 1.54) is 16.8 Å². The van der Waals surface area contributed by atoms with Crippen molar-refractivity contribution in [1.82, 2.24) is 4.90 Å². The summed E-state index contributed by atoms with van der Waals surface area (Å²) in [7, 11) is 0. The van der Waals surface area contributed by atoms with E-state index in [-0.39, 0.29) is 0 Å². The van der Waals surface area contributed by atoms with E-state index in [1.807, 2.05) is 6.07 Å². The minimum atomic E-state index is 0.691. The van der Waals surface area contributed by atoms with Crippen molar-refractivity contribution in [2.75, 3.05) is 44.2 Å². The Kier molecular flexibility index (Phi) is 4.03. The van der Waals surface area contributed by atoms with Gasteiger partial charge in [0.1, 0.15) is 12.4 Å². The maximum Gasteiger partial charge on any atom is 0.127 e. The molecular weight excluding hydrogens is 284 g/mol. The first kappa shape index (κ1) is 14.3. The molecule has 1 saturated heterocycles. The zero-order valence-corrected chi connectivity index (χ0v) is 13.3. The van der Waals surface area contributed by atoms with Gasteiger partial charge in [-0.15, -0.1) is 0 Å². The Morgan fingerprint density at radius 3 is 2.39 bits per heavy atom. The first-order chi connectivity index (χ1) is 11.4. The molecule has 0 radical (unpaired) electrons. The number of hydrogen-bond donors (Lipinski definition) is 0. The summed E-state index contributed by atoms with van der Waals surface area (Å²) in [6, 6.07) is 19.1. The van der Waals surface area contributed by atoms with Crippen LogP contribution in [0.25, 0.3) is 5.57 Å². The van der Waals surface area contributed by atoms with E-state index in [9.17, 15) is 0 Å². The molecule has 118 valence electrons. The minimum Gasteiger partial charge on any atom is -0.489 e. The van der Waals surface area contributed by atoms with Gasteiger partial charge in [0.25, 0.3) is 0 Å². The van der Waals surface area contributed by atoms with Crippen molar-refractivity contribution in [2.24, 2.45) is 0 Å². The number of hydrogen-bond acceptors (Lipinski definition) is 3. The average molecular weight is 306 g/mol. The number of benzene rings is 2. The van der Waals surface area contributed by atoms with E-state index in [4.69, 9.17) is 4.74 Å². The van der Waals surface area contributed by atoms with Gasteiger partial charge in [0.05, 0.1) is 0 Å². The second kappa shape index (κ2) is 6.47. The standard InChI is InChI=1S/C20H22N2O/c1-2-6-18(7-3-1)22-13-11-21(12-14-22)16-17-10-15-23-20-9-5-4-8-19(17)20/h1-10H,11-16H2. The number of ether oxygens (including phenoxy) is 1. The minimum absolute atomic E-state index is 0.691. The number of para-hydroxylation sites is 2. The molecule has 3 nitrogen and oxygen atoms in total. The average Bonchev–Trinajstić information content (AvgIpc) is 2.63. The molecule has 23 heavy (non-hydrogen) atoms. The first-order valence-corrected chi connectivity index (χ1v) is 8.34. The Labute approximate surface area is 137 Å². The Balaban J connectivity index is 1.39. The SMILES string of the molecule is C1=C(CN2CCN(c3ccccc3)CC2)c2ccccc2OC1. The highest BCUT2D eigenvalue weighted by Crippen LogP contribution is 2.30. The number of nitrogens with zero attached hydrogens (tertiary/aromatic N) is 2. The molecule has 1 fully saturated rings. The molecule has 2 aliphatic heterocycles.